The van der Waals surface area contributed by atoms with Gasteiger partial charge in [-0.1, -0.05) is 6.07 Å². The van der Waals surface area contributed by atoms with Crippen LogP contribution in [-0.2, 0) is 16.0 Å². The number of aromatic nitrogens is 1. The van der Waals surface area contributed by atoms with Gasteiger partial charge in [0.05, 0.1) is 33.0 Å². The first-order chi connectivity index (χ1) is 16.3. The zero-order valence-electron chi connectivity index (χ0n) is 18.7. The third-order valence-corrected chi connectivity index (χ3v) is 6.75. The van der Waals surface area contributed by atoms with Gasteiger partial charge in [0, 0.05) is 55.2 Å². The molecule has 0 unspecified atom stereocenters. The first kappa shape index (κ1) is 22.2. The minimum atomic E-state index is 0.516. The molecule has 2 aromatic heterocycles. The Balaban J connectivity index is 1.27. The van der Waals surface area contributed by atoms with Crippen molar-refractivity contribution < 1.29 is 14.2 Å². The summed E-state index contributed by atoms with van der Waals surface area (Å²) in [5, 5.41) is 12.2. The quantitative estimate of drug-likeness (QED) is 0.464. The zero-order chi connectivity index (χ0) is 22.3. The number of anilines is 1. The number of rotatable bonds is 8. The lowest BCUT2D eigenvalue weighted by Crippen LogP contribution is -2.38. The van der Waals surface area contributed by atoms with Crippen molar-refractivity contribution in [3.63, 3.8) is 0 Å². The lowest BCUT2D eigenvalue weighted by molar-refractivity contribution is 0.0320. The van der Waals surface area contributed by atoms with Crippen molar-refractivity contribution in [3.8, 4) is 5.88 Å². The van der Waals surface area contributed by atoms with Crippen LogP contribution in [0.15, 0.2) is 52.0 Å². The van der Waals surface area contributed by atoms with E-state index in [0.29, 0.717) is 24.8 Å². The summed E-state index contributed by atoms with van der Waals surface area (Å²) >= 11 is 1.75. The van der Waals surface area contributed by atoms with Gasteiger partial charge < -0.3 is 19.1 Å². The molecule has 2 fully saturated rings. The van der Waals surface area contributed by atoms with E-state index in [4.69, 9.17) is 14.2 Å². The van der Waals surface area contributed by atoms with Crippen molar-refractivity contribution in [1.82, 2.24) is 9.88 Å². The molecule has 2 saturated heterocycles. The SMILES string of the molecule is c1cc2cc(CN=Nc3cc(N4CCOCC4)cc(OCCN4CCOCC4)n3)ccc2s1. The molecule has 8 nitrogen and oxygen atoms in total. The molecule has 0 saturated carbocycles. The van der Waals surface area contributed by atoms with E-state index in [1.165, 1.54) is 10.1 Å². The number of thiophene rings is 1. The van der Waals surface area contributed by atoms with E-state index < -0.39 is 0 Å². The fraction of sp³-hybridized carbons (Fsp3) is 0.458. The number of azo groups is 1. The Morgan fingerprint density at radius 3 is 2.64 bits per heavy atom. The van der Waals surface area contributed by atoms with Gasteiger partial charge in [0.2, 0.25) is 5.88 Å². The second-order valence-corrected chi connectivity index (χ2v) is 9.06. The summed E-state index contributed by atoms with van der Waals surface area (Å²) in [6.45, 7) is 8.54. The summed E-state index contributed by atoms with van der Waals surface area (Å²) in [6.07, 6.45) is 0. The summed E-state index contributed by atoms with van der Waals surface area (Å²) in [5.41, 5.74) is 2.18. The molecule has 0 N–H and O–H groups in total. The number of benzene rings is 1. The monoisotopic (exact) mass is 467 g/mol. The molecular formula is C24H29N5O3S. The minimum absolute atomic E-state index is 0.516. The molecule has 9 heteroatoms. The van der Waals surface area contributed by atoms with Gasteiger partial charge >= 0.3 is 0 Å². The van der Waals surface area contributed by atoms with Crippen LogP contribution in [0.4, 0.5) is 11.5 Å². The molecule has 33 heavy (non-hydrogen) atoms. The Morgan fingerprint density at radius 2 is 1.79 bits per heavy atom. The van der Waals surface area contributed by atoms with Crippen LogP contribution >= 0.6 is 11.3 Å². The topological polar surface area (TPSA) is 71.8 Å². The Bertz CT molecular complexity index is 1080. The van der Waals surface area contributed by atoms with E-state index in [1.54, 1.807) is 11.3 Å². The molecule has 0 spiro atoms. The third kappa shape index (κ3) is 6.05. The van der Waals surface area contributed by atoms with Crippen LogP contribution in [0.5, 0.6) is 5.88 Å². The van der Waals surface area contributed by atoms with Gasteiger partial charge in [0.15, 0.2) is 5.82 Å². The molecule has 0 amide bonds. The van der Waals surface area contributed by atoms with Crippen LogP contribution < -0.4 is 9.64 Å². The standard InChI is InChI=1S/C24H29N5O3S/c1-2-22-20(3-14-33-22)15-19(1)18-25-27-23-16-21(29-7-11-31-12-8-29)17-24(26-23)32-13-6-28-4-9-30-10-5-28/h1-3,14-17H,4-13,18H2. The number of hydrogen-bond acceptors (Lipinski definition) is 9. The predicted molar refractivity (Wildman–Crippen MR) is 130 cm³/mol. The maximum atomic E-state index is 6.03. The van der Waals surface area contributed by atoms with Gasteiger partial charge in [-0.25, -0.2) is 0 Å². The van der Waals surface area contributed by atoms with Crippen LogP contribution in [0, 0.1) is 0 Å². The molecule has 2 aliphatic rings. The molecule has 5 rings (SSSR count). The molecule has 0 radical (unpaired) electrons. The van der Waals surface area contributed by atoms with Crippen molar-refractivity contribution in [1.29, 1.82) is 0 Å². The van der Waals surface area contributed by atoms with Gasteiger partial charge in [-0.15, -0.1) is 16.5 Å². The van der Waals surface area contributed by atoms with Crippen molar-refractivity contribution in [2.75, 3.05) is 70.7 Å². The smallest absolute Gasteiger partial charge is 0.217 e. The normalized spacial score (nSPS) is 17.8. The Kier molecular flexibility index (Phi) is 7.42. The van der Waals surface area contributed by atoms with Crippen molar-refractivity contribution in [2.45, 2.75) is 6.54 Å². The molecule has 1 aromatic carbocycles. The molecule has 3 aromatic rings. The fourth-order valence-corrected chi connectivity index (χ4v) is 4.79. The van der Waals surface area contributed by atoms with E-state index in [0.717, 1.165) is 70.4 Å². The summed E-state index contributed by atoms with van der Waals surface area (Å²) in [4.78, 5) is 9.23. The second-order valence-electron chi connectivity index (χ2n) is 8.12. The van der Waals surface area contributed by atoms with Crippen LogP contribution in [0.25, 0.3) is 10.1 Å². The van der Waals surface area contributed by atoms with Crippen molar-refractivity contribution in [2.24, 2.45) is 10.2 Å². The average Bonchev–Trinajstić information content (AvgIpc) is 3.33. The van der Waals surface area contributed by atoms with Crippen molar-refractivity contribution >= 4 is 32.9 Å². The summed E-state index contributed by atoms with van der Waals surface area (Å²) < 4.78 is 18.2. The highest BCUT2D eigenvalue weighted by atomic mass is 32.1. The van der Waals surface area contributed by atoms with Crippen LogP contribution in [0.2, 0.25) is 0 Å². The van der Waals surface area contributed by atoms with Gasteiger partial charge in [0.25, 0.3) is 0 Å². The molecule has 2 aliphatic heterocycles. The van der Waals surface area contributed by atoms with Crippen LogP contribution in [0.1, 0.15) is 5.56 Å². The van der Waals surface area contributed by atoms with Gasteiger partial charge in [-0.2, -0.15) is 10.1 Å². The molecule has 174 valence electrons. The maximum absolute atomic E-state index is 6.03. The number of nitrogens with zero attached hydrogens (tertiary/aromatic N) is 5. The van der Waals surface area contributed by atoms with E-state index in [2.05, 4.69) is 54.7 Å². The average molecular weight is 468 g/mol. The predicted octanol–water partition coefficient (Wildman–Crippen LogP) is 4.13. The third-order valence-electron chi connectivity index (χ3n) is 5.85. The highest BCUT2D eigenvalue weighted by molar-refractivity contribution is 7.17. The molecular weight excluding hydrogens is 438 g/mol. The number of pyridine rings is 1. The van der Waals surface area contributed by atoms with E-state index in [9.17, 15) is 0 Å². The number of ether oxygens (including phenoxy) is 3. The molecule has 0 atom stereocenters. The lowest BCUT2D eigenvalue weighted by atomic mass is 10.2. The molecule has 4 heterocycles. The first-order valence-electron chi connectivity index (χ1n) is 11.4. The van der Waals surface area contributed by atoms with Gasteiger partial charge in [-0.3, -0.25) is 4.90 Å². The van der Waals surface area contributed by atoms with Gasteiger partial charge in [0.1, 0.15) is 6.61 Å². The molecule has 0 aliphatic carbocycles. The number of hydrogen-bond donors (Lipinski definition) is 0. The summed E-state index contributed by atoms with van der Waals surface area (Å²) in [7, 11) is 0. The Morgan fingerprint density at radius 1 is 0.970 bits per heavy atom. The Labute approximate surface area is 197 Å². The highest BCUT2D eigenvalue weighted by Gasteiger charge is 2.15. The second kappa shape index (κ2) is 11.0. The van der Waals surface area contributed by atoms with Crippen LogP contribution in [0.3, 0.4) is 0 Å². The van der Waals surface area contributed by atoms with E-state index >= 15 is 0 Å². The summed E-state index contributed by atoms with van der Waals surface area (Å²) in [6, 6.07) is 12.5. The summed E-state index contributed by atoms with van der Waals surface area (Å²) in [5.74, 6) is 1.15. The number of morpholine rings is 2. The van der Waals surface area contributed by atoms with Crippen LogP contribution in [-0.4, -0.2) is 75.6 Å². The van der Waals surface area contributed by atoms with Crippen molar-refractivity contribution in [3.05, 3.63) is 47.3 Å². The fourth-order valence-electron chi connectivity index (χ4n) is 4.02. The van der Waals surface area contributed by atoms with E-state index in [-0.39, 0.29) is 0 Å². The maximum Gasteiger partial charge on any atom is 0.217 e. The Hall–Kier alpha value is -2.59. The lowest BCUT2D eigenvalue weighted by Gasteiger charge is -2.29. The first-order valence-corrected chi connectivity index (χ1v) is 12.3. The number of fused-ring (bicyclic) bond motifs is 1. The highest BCUT2D eigenvalue weighted by Crippen LogP contribution is 2.27. The largest absolute Gasteiger partial charge is 0.476 e. The van der Waals surface area contributed by atoms with Gasteiger partial charge in [-0.05, 0) is 34.5 Å². The minimum Gasteiger partial charge on any atom is -0.476 e. The van der Waals surface area contributed by atoms with E-state index in [1.807, 2.05) is 12.1 Å². The zero-order valence-corrected chi connectivity index (χ0v) is 19.5. The molecule has 0 bridgehead atoms.